The number of hydrogen-bond acceptors (Lipinski definition) is 4. The molecule has 3 aromatic rings. The van der Waals surface area contributed by atoms with E-state index in [0.717, 1.165) is 11.1 Å². The highest BCUT2D eigenvalue weighted by Crippen LogP contribution is 2.29. The van der Waals surface area contributed by atoms with Crippen LogP contribution in [0, 0.1) is 5.82 Å². The van der Waals surface area contributed by atoms with Gasteiger partial charge in [0.15, 0.2) is 0 Å². The van der Waals surface area contributed by atoms with Crippen molar-refractivity contribution in [3.05, 3.63) is 58.9 Å². The van der Waals surface area contributed by atoms with Crippen LogP contribution in [0.5, 0.6) is 5.75 Å². The molecule has 5 nitrogen and oxygen atoms in total. The van der Waals surface area contributed by atoms with Gasteiger partial charge in [0.1, 0.15) is 18.2 Å². The Morgan fingerprint density at radius 1 is 1.14 bits per heavy atom. The number of hydrogen-bond donors (Lipinski definition) is 1. The summed E-state index contributed by atoms with van der Waals surface area (Å²) in [5.74, 6) is 0.719. The molecule has 3 rings (SSSR count). The van der Waals surface area contributed by atoms with Crippen molar-refractivity contribution >= 4 is 11.6 Å². The van der Waals surface area contributed by atoms with Gasteiger partial charge in [-0.2, -0.15) is 5.21 Å². The summed E-state index contributed by atoms with van der Waals surface area (Å²) in [7, 11) is 0. The van der Waals surface area contributed by atoms with Crippen LogP contribution in [0.3, 0.4) is 0 Å². The lowest BCUT2D eigenvalue weighted by atomic mass is 10.2. The van der Waals surface area contributed by atoms with Crippen LogP contribution in [0.4, 0.5) is 4.39 Å². The number of ether oxygens (including phenoxy) is 1. The molecule has 0 aliphatic heterocycles. The van der Waals surface area contributed by atoms with Crippen molar-refractivity contribution < 1.29 is 9.13 Å². The standard InChI is InChI=1S/C14H10ClFN4O/c15-12-7-10(14-17-19-20-18-14)3-6-13(12)21-8-9-1-4-11(16)5-2-9/h1-7H,8H2,(H,17,18,19,20). The lowest BCUT2D eigenvalue weighted by Crippen LogP contribution is -1.96. The predicted molar refractivity (Wildman–Crippen MR) is 75.4 cm³/mol. The Morgan fingerprint density at radius 2 is 1.95 bits per heavy atom. The van der Waals surface area contributed by atoms with Gasteiger partial charge in [-0.25, -0.2) is 4.39 Å². The summed E-state index contributed by atoms with van der Waals surface area (Å²) in [6.45, 7) is 0.307. The number of aromatic amines is 1. The van der Waals surface area contributed by atoms with Crippen molar-refractivity contribution in [3.63, 3.8) is 0 Å². The summed E-state index contributed by atoms with van der Waals surface area (Å²) < 4.78 is 18.4. The number of tetrazole rings is 1. The molecule has 7 heteroatoms. The second kappa shape index (κ2) is 5.88. The van der Waals surface area contributed by atoms with Crippen LogP contribution in [-0.2, 0) is 6.61 Å². The van der Waals surface area contributed by atoms with E-state index >= 15 is 0 Å². The minimum Gasteiger partial charge on any atom is -0.487 e. The van der Waals surface area contributed by atoms with Crippen molar-refractivity contribution in [1.82, 2.24) is 20.6 Å². The van der Waals surface area contributed by atoms with Crippen molar-refractivity contribution in [2.24, 2.45) is 0 Å². The van der Waals surface area contributed by atoms with Gasteiger partial charge in [0.25, 0.3) is 0 Å². The molecular formula is C14H10ClFN4O. The van der Waals surface area contributed by atoms with E-state index in [2.05, 4.69) is 20.6 Å². The minimum atomic E-state index is -0.277. The molecule has 0 saturated carbocycles. The number of nitrogens with zero attached hydrogens (tertiary/aromatic N) is 3. The lowest BCUT2D eigenvalue weighted by molar-refractivity contribution is 0.306. The molecule has 1 heterocycles. The first-order valence-corrected chi connectivity index (χ1v) is 6.51. The van der Waals surface area contributed by atoms with Gasteiger partial charge in [-0.15, -0.1) is 10.2 Å². The molecule has 2 aromatic carbocycles. The zero-order valence-electron chi connectivity index (χ0n) is 10.8. The molecule has 1 aromatic heterocycles. The Bertz CT molecular complexity index is 731. The number of aromatic nitrogens is 4. The summed E-state index contributed by atoms with van der Waals surface area (Å²) >= 11 is 6.17. The van der Waals surface area contributed by atoms with E-state index in [1.54, 1.807) is 30.3 Å². The van der Waals surface area contributed by atoms with Crippen LogP contribution in [0.25, 0.3) is 11.4 Å². The van der Waals surface area contributed by atoms with Gasteiger partial charge in [0, 0.05) is 5.56 Å². The van der Waals surface area contributed by atoms with Gasteiger partial charge in [-0.1, -0.05) is 23.7 Å². The molecule has 0 amide bonds. The molecule has 0 bridgehead atoms. The summed E-state index contributed by atoms with van der Waals surface area (Å²) in [4.78, 5) is 0. The molecule has 0 atom stereocenters. The first kappa shape index (κ1) is 13.5. The van der Waals surface area contributed by atoms with Crippen LogP contribution in [0.2, 0.25) is 5.02 Å². The summed E-state index contributed by atoms with van der Waals surface area (Å²) in [6.07, 6.45) is 0. The zero-order chi connectivity index (χ0) is 14.7. The van der Waals surface area contributed by atoms with Crippen LogP contribution in [-0.4, -0.2) is 20.6 Å². The first-order valence-electron chi connectivity index (χ1n) is 6.13. The molecule has 1 N–H and O–H groups in total. The molecule has 0 unspecified atom stereocenters. The SMILES string of the molecule is Fc1ccc(COc2ccc(-c3nn[nH]n3)cc2Cl)cc1. The fraction of sp³-hybridized carbons (Fsp3) is 0.0714. The second-order valence-electron chi connectivity index (χ2n) is 4.30. The number of benzene rings is 2. The van der Waals surface area contributed by atoms with Crippen LogP contribution in [0.15, 0.2) is 42.5 Å². The minimum absolute atomic E-state index is 0.277. The maximum absolute atomic E-state index is 12.8. The largest absolute Gasteiger partial charge is 0.487 e. The van der Waals surface area contributed by atoms with Crippen LogP contribution in [0.1, 0.15) is 5.56 Å². The van der Waals surface area contributed by atoms with E-state index in [9.17, 15) is 4.39 Å². The second-order valence-corrected chi connectivity index (χ2v) is 4.70. The fourth-order valence-corrected chi connectivity index (χ4v) is 2.02. The molecule has 0 saturated heterocycles. The Hall–Kier alpha value is -2.47. The van der Waals surface area contributed by atoms with Crippen molar-refractivity contribution in [2.45, 2.75) is 6.61 Å². The molecule has 0 spiro atoms. The third-order valence-electron chi connectivity index (χ3n) is 2.84. The molecular weight excluding hydrogens is 295 g/mol. The Labute approximate surface area is 124 Å². The highest BCUT2D eigenvalue weighted by Gasteiger charge is 2.08. The van der Waals surface area contributed by atoms with E-state index in [1.165, 1.54) is 12.1 Å². The zero-order valence-corrected chi connectivity index (χ0v) is 11.5. The maximum Gasteiger partial charge on any atom is 0.204 e. The van der Waals surface area contributed by atoms with Gasteiger partial charge in [0.2, 0.25) is 5.82 Å². The van der Waals surface area contributed by atoms with Crippen molar-refractivity contribution in [2.75, 3.05) is 0 Å². The van der Waals surface area contributed by atoms with E-state index in [-0.39, 0.29) is 5.82 Å². The van der Waals surface area contributed by atoms with E-state index < -0.39 is 0 Å². The molecule has 21 heavy (non-hydrogen) atoms. The Kier molecular flexibility index (Phi) is 3.79. The average Bonchev–Trinajstić information content (AvgIpc) is 3.02. The normalized spacial score (nSPS) is 10.6. The number of rotatable bonds is 4. The number of H-pyrrole nitrogens is 1. The molecule has 0 aliphatic carbocycles. The van der Waals surface area contributed by atoms with Crippen molar-refractivity contribution in [3.8, 4) is 17.1 Å². The van der Waals surface area contributed by atoms with Gasteiger partial charge in [0.05, 0.1) is 5.02 Å². The third kappa shape index (κ3) is 3.17. The lowest BCUT2D eigenvalue weighted by Gasteiger charge is -2.08. The number of halogens is 2. The third-order valence-corrected chi connectivity index (χ3v) is 3.14. The van der Waals surface area contributed by atoms with Gasteiger partial charge >= 0.3 is 0 Å². The van der Waals surface area contributed by atoms with Crippen LogP contribution < -0.4 is 4.74 Å². The van der Waals surface area contributed by atoms with Crippen LogP contribution >= 0.6 is 11.6 Å². The molecule has 0 aliphatic rings. The molecule has 0 radical (unpaired) electrons. The predicted octanol–water partition coefficient (Wildman–Crippen LogP) is 3.24. The van der Waals surface area contributed by atoms with E-state index in [0.29, 0.717) is 23.2 Å². The smallest absolute Gasteiger partial charge is 0.204 e. The summed E-state index contributed by atoms with van der Waals surface area (Å²) in [5, 5.41) is 14.1. The molecule has 0 fully saturated rings. The van der Waals surface area contributed by atoms with E-state index in [4.69, 9.17) is 16.3 Å². The highest BCUT2D eigenvalue weighted by atomic mass is 35.5. The highest BCUT2D eigenvalue weighted by molar-refractivity contribution is 6.32. The summed E-state index contributed by atoms with van der Waals surface area (Å²) in [5.41, 5.74) is 1.59. The maximum atomic E-state index is 12.8. The van der Waals surface area contributed by atoms with Crippen molar-refractivity contribution in [1.29, 1.82) is 0 Å². The summed E-state index contributed by atoms with van der Waals surface area (Å²) in [6, 6.07) is 11.3. The van der Waals surface area contributed by atoms with Gasteiger partial charge < -0.3 is 4.74 Å². The Morgan fingerprint density at radius 3 is 2.62 bits per heavy atom. The fourth-order valence-electron chi connectivity index (χ4n) is 1.78. The quantitative estimate of drug-likeness (QED) is 0.803. The van der Waals surface area contributed by atoms with Gasteiger partial charge in [-0.3, -0.25) is 0 Å². The van der Waals surface area contributed by atoms with Gasteiger partial charge in [-0.05, 0) is 41.1 Å². The topological polar surface area (TPSA) is 63.7 Å². The van der Waals surface area contributed by atoms with E-state index in [1.807, 2.05) is 0 Å². The Balaban J connectivity index is 1.73. The monoisotopic (exact) mass is 304 g/mol. The number of nitrogens with one attached hydrogen (secondary N) is 1. The average molecular weight is 305 g/mol. The molecule has 106 valence electrons. The first-order chi connectivity index (χ1) is 10.2.